The zero-order valence-electron chi connectivity index (χ0n) is 23.7. The van der Waals surface area contributed by atoms with E-state index in [4.69, 9.17) is 9.72 Å². The lowest BCUT2D eigenvalue weighted by atomic mass is 9.68. The van der Waals surface area contributed by atoms with E-state index < -0.39 is 23.0 Å². The minimum Gasteiger partial charge on any atom is -0.493 e. The number of aryl methyl sites for hydroxylation is 3. The normalized spacial score (nSPS) is 16.9. The lowest BCUT2D eigenvalue weighted by Gasteiger charge is -2.38. The quantitative estimate of drug-likeness (QED) is 0.201. The first-order chi connectivity index (χ1) is 20.6. The van der Waals surface area contributed by atoms with E-state index in [0.717, 1.165) is 23.4 Å². The molecule has 1 aliphatic heterocycles. The van der Waals surface area contributed by atoms with Crippen LogP contribution >= 0.6 is 0 Å². The molecule has 1 aliphatic rings. The highest BCUT2D eigenvalue weighted by molar-refractivity contribution is 5.68. The molecule has 0 amide bonds. The Morgan fingerprint density at radius 2 is 1.81 bits per heavy atom. The van der Waals surface area contributed by atoms with Gasteiger partial charge in [0.15, 0.2) is 17.4 Å². The Bertz CT molecular complexity index is 1820. The van der Waals surface area contributed by atoms with Crippen molar-refractivity contribution in [3.05, 3.63) is 118 Å². The van der Waals surface area contributed by atoms with Crippen LogP contribution < -0.4 is 4.74 Å². The van der Waals surface area contributed by atoms with Crippen LogP contribution in [0.15, 0.2) is 67.3 Å². The van der Waals surface area contributed by atoms with Gasteiger partial charge < -0.3 is 4.74 Å². The SMILES string of the molecule is COc1cc(/C=C/c2nc3n(n2)CCCC3(c2ccc(C(F)(F)F)cc2)c2cccc(C)c2F)cnc1-n1cnc(C)c1. The molecule has 0 radical (unpaired) electrons. The Hall–Kier alpha value is -4.80. The predicted molar refractivity (Wildman–Crippen MR) is 153 cm³/mol. The van der Waals surface area contributed by atoms with Crippen LogP contribution in [0.4, 0.5) is 17.6 Å². The summed E-state index contributed by atoms with van der Waals surface area (Å²) in [7, 11) is 1.56. The van der Waals surface area contributed by atoms with Crippen molar-refractivity contribution < 1.29 is 22.3 Å². The molecule has 220 valence electrons. The van der Waals surface area contributed by atoms with E-state index in [0.29, 0.717) is 59.3 Å². The second-order valence-corrected chi connectivity index (χ2v) is 10.6. The summed E-state index contributed by atoms with van der Waals surface area (Å²) in [4.78, 5) is 13.6. The molecule has 4 heterocycles. The number of hydrogen-bond acceptors (Lipinski definition) is 5. The number of halogens is 4. The molecule has 2 aromatic carbocycles. The van der Waals surface area contributed by atoms with E-state index in [1.807, 2.05) is 19.2 Å². The standard InChI is InChI=1S/C32H28F4N6O/c1-20-6-4-7-25(28(20)33)31(23-9-11-24(12-10-23)32(34,35)36)14-5-15-42-30(31)39-27(40-42)13-8-22-16-26(43-3)29(37-17-22)41-18-21(2)38-19-41/h4,6-13,16-19H,5,14-15H2,1-3H3/b13-8+. The van der Waals surface area contributed by atoms with E-state index in [9.17, 15) is 13.2 Å². The highest BCUT2D eigenvalue weighted by atomic mass is 19.4. The summed E-state index contributed by atoms with van der Waals surface area (Å²) < 4.78 is 65.1. The lowest BCUT2D eigenvalue weighted by Crippen LogP contribution is -2.38. The van der Waals surface area contributed by atoms with Crippen LogP contribution in [0.3, 0.4) is 0 Å². The molecule has 0 saturated carbocycles. The number of hydrogen-bond donors (Lipinski definition) is 0. The zero-order valence-corrected chi connectivity index (χ0v) is 23.7. The third-order valence-electron chi connectivity index (χ3n) is 7.80. The summed E-state index contributed by atoms with van der Waals surface area (Å²) in [5.74, 6) is 1.59. The van der Waals surface area contributed by atoms with Crippen molar-refractivity contribution in [2.45, 2.75) is 44.8 Å². The van der Waals surface area contributed by atoms with Crippen LogP contribution in [-0.2, 0) is 18.1 Å². The number of pyridine rings is 1. The van der Waals surface area contributed by atoms with Crippen LogP contribution in [0.25, 0.3) is 18.0 Å². The van der Waals surface area contributed by atoms with Crippen molar-refractivity contribution in [3.63, 3.8) is 0 Å². The van der Waals surface area contributed by atoms with Crippen LogP contribution in [0.1, 0.15) is 58.0 Å². The Balaban J connectivity index is 1.42. The summed E-state index contributed by atoms with van der Waals surface area (Å²) in [6.07, 6.45) is 5.32. The van der Waals surface area contributed by atoms with Crippen molar-refractivity contribution >= 4 is 12.2 Å². The van der Waals surface area contributed by atoms with Gasteiger partial charge in [0.1, 0.15) is 18.0 Å². The van der Waals surface area contributed by atoms with Gasteiger partial charge in [-0.25, -0.2) is 24.0 Å². The van der Waals surface area contributed by atoms with Gasteiger partial charge >= 0.3 is 6.18 Å². The van der Waals surface area contributed by atoms with Crippen LogP contribution in [0.2, 0.25) is 0 Å². The van der Waals surface area contributed by atoms with Gasteiger partial charge in [0.25, 0.3) is 0 Å². The molecule has 1 unspecified atom stereocenters. The molecule has 0 spiro atoms. The third-order valence-corrected chi connectivity index (χ3v) is 7.80. The second kappa shape index (κ2) is 10.8. The third kappa shape index (κ3) is 5.09. The van der Waals surface area contributed by atoms with Gasteiger partial charge in [-0.3, -0.25) is 4.57 Å². The van der Waals surface area contributed by atoms with E-state index in [1.165, 1.54) is 12.1 Å². The number of benzene rings is 2. The predicted octanol–water partition coefficient (Wildman–Crippen LogP) is 6.94. The maximum Gasteiger partial charge on any atom is 0.416 e. The molecular weight excluding hydrogens is 560 g/mol. The Labute approximate surface area is 245 Å². The minimum absolute atomic E-state index is 0.357. The fourth-order valence-electron chi connectivity index (χ4n) is 5.71. The van der Waals surface area contributed by atoms with Crippen LogP contribution in [0.5, 0.6) is 5.75 Å². The summed E-state index contributed by atoms with van der Waals surface area (Å²) in [6.45, 7) is 4.10. The monoisotopic (exact) mass is 588 g/mol. The molecule has 7 nitrogen and oxygen atoms in total. The van der Waals surface area contributed by atoms with E-state index >= 15 is 4.39 Å². The van der Waals surface area contributed by atoms with Gasteiger partial charge in [0.05, 0.1) is 23.8 Å². The topological polar surface area (TPSA) is 70.7 Å². The van der Waals surface area contributed by atoms with Crippen molar-refractivity contribution in [1.29, 1.82) is 0 Å². The Morgan fingerprint density at radius 1 is 1.02 bits per heavy atom. The molecular formula is C32H28F4N6O. The maximum atomic E-state index is 15.8. The summed E-state index contributed by atoms with van der Waals surface area (Å²) in [5.41, 5.74) is 1.01. The molecule has 0 N–H and O–H groups in total. The highest BCUT2D eigenvalue weighted by Crippen LogP contribution is 2.46. The number of ether oxygens (including phenoxy) is 1. The van der Waals surface area contributed by atoms with E-state index in [2.05, 4.69) is 15.1 Å². The Kier molecular flexibility index (Phi) is 7.11. The number of alkyl halides is 3. The van der Waals surface area contributed by atoms with E-state index in [-0.39, 0.29) is 0 Å². The largest absolute Gasteiger partial charge is 0.493 e. The molecule has 1 atom stereocenters. The van der Waals surface area contributed by atoms with Gasteiger partial charge in [-0.2, -0.15) is 18.3 Å². The fraction of sp³-hybridized carbons (Fsp3) is 0.250. The van der Waals surface area contributed by atoms with Crippen LogP contribution in [0, 0.1) is 19.7 Å². The first-order valence-electron chi connectivity index (χ1n) is 13.7. The first-order valence-corrected chi connectivity index (χ1v) is 13.7. The molecule has 5 aromatic rings. The zero-order chi connectivity index (χ0) is 30.4. The molecule has 0 aliphatic carbocycles. The second-order valence-electron chi connectivity index (χ2n) is 10.6. The molecule has 0 saturated heterocycles. The highest BCUT2D eigenvalue weighted by Gasteiger charge is 2.45. The average molecular weight is 589 g/mol. The van der Waals surface area contributed by atoms with Crippen molar-refractivity contribution in [1.82, 2.24) is 29.3 Å². The van der Waals surface area contributed by atoms with E-state index in [1.54, 1.807) is 66.2 Å². The summed E-state index contributed by atoms with van der Waals surface area (Å²) in [5, 5.41) is 4.68. The van der Waals surface area contributed by atoms with Crippen molar-refractivity contribution in [2.75, 3.05) is 7.11 Å². The van der Waals surface area contributed by atoms with Gasteiger partial charge in [0.2, 0.25) is 0 Å². The van der Waals surface area contributed by atoms with Gasteiger partial charge in [0, 0.05) is 24.5 Å². The number of imidazole rings is 1. The minimum atomic E-state index is -4.49. The number of fused-ring (bicyclic) bond motifs is 1. The van der Waals surface area contributed by atoms with Crippen LogP contribution in [-0.4, -0.2) is 36.4 Å². The number of rotatable bonds is 6. The molecule has 43 heavy (non-hydrogen) atoms. The van der Waals surface area contributed by atoms with Crippen molar-refractivity contribution in [2.24, 2.45) is 0 Å². The number of aromatic nitrogens is 6. The number of methoxy groups -OCH3 is 1. The maximum absolute atomic E-state index is 15.8. The van der Waals surface area contributed by atoms with Gasteiger partial charge in [-0.05, 0) is 73.7 Å². The summed E-state index contributed by atoms with van der Waals surface area (Å²) in [6, 6.07) is 11.9. The average Bonchev–Trinajstić information content (AvgIpc) is 3.63. The molecule has 3 aromatic heterocycles. The first kappa shape index (κ1) is 28.3. The molecule has 0 bridgehead atoms. The Morgan fingerprint density at radius 3 is 2.51 bits per heavy atom. The van der Waals surface area contributed by atoms with Crippen molar-refractivity contribution in [3.8, 4) is 11.6 Å². The smallest absolute Gasteiger partial charge is 0.416 e. The fourth-order valence-corrected chi connectivity index (χ4v) is 5.71. The van der Waals surface area contributed by atoms with Gasteiger partial charge in [-0.1, -0.05) is 30.3 Å². The lowest BCUT2D eigenvalue weighted by molar-refractivity contribution is -0.137. The van der Waals surface area contributed by atoms with Gasteiger partial charge in [-0.15, -0.1) is 0 Å². The molecule has 0 fully saturated rings. The molecule has 6 rings (SSSR count). The summed E-state index contributed by atoms with van der Waals surface area (Å²) >= 11 is 0. The number of nitrogens with zero attached hydrogens (tertiary/aromatic N) is 6. The molecule has 11 heteroatoms.